The normalized spacial score (nSPS) is 13.6. The Morgan fingerprint density at radius 3 is 1.30 bits per heavy atom. The molecule has 6 heteroatoms. The molecular weight excluding hydrogens is 1350 g/mol. The van der Waals surface area contributed by atoms with E-state index in [1.54, 1.807) is 0 Å². The van der Waals surface area contributed by atoms with Crippen LogP contribution >= 0.6 is 0 Å². The Bertz CT molecular complexity index is 7060. The summed E-state index contributed by atoms with van der Waals surface area (Å²) in [4.78, 5) is 25.7. The summed E-state index contributed by atoms with van der Waals surface area (Å²) in [6.07, 6.45) is 0. The molecule has 0 amide bonds. The molecule has 0 aliphatic heterocycles. The third-order valence-corrected chi connectivity index (χ3v) is 24.0. The van der Waals surface area contributed by atoms with E-state index in [4.69, 9.17) is 19.9 Å². The van der Waals surface area contributed by atoms with Crippen LogP contribution in [0.15, 0.2) is 370 Å². The van der Waals surface area contributed by atoms with Gasteiger partial charge in [-0.2, -0.15) is 0 Å². The van der Waals surface area contributed by atoms with E-state index in [-0.39, 0.29) is 10.8 Å². The minimum Gasteiger partial charge on any atom is -0.353 e. The molecule has 4 aromatic heterocycles. The predicted molar refractivity (Wildman–Crippen MR) is 461 cm³/mol. The lowest BCUT2D eigenvalue weighted by molar-refractivity contribution is 0.660. The van der Waals surface area contributed by atoms with Crippen molar-refractivity contribution in [2.24, 2.45) is 0 Å². The Balaban J connectivity index is 0.000000132. The number of nitrogens with zero attached hydrogens (tertiary/aromatic N) is 5. The molecule has 0 saturated carbocycles. The number of para-hydroxylation sites is 2. The first-order valence-electron chi connectivity index (χ1n) is 38.4. The molecule has 20 aromatic rings. The summed E-state index contributed by atoms with van der Waals surface area (Å²) in [5.41, 5.74) is 31.0. The Kier molecular flexibility index (Phi) is 15.1. The van der Waals surface area contributed by atoms with E-state index in [1.807, 2.05) is 36.4 Å². The molecule has 3 aliphatic rings. The predicted octanol–water partition coefficient (Wildman–Crippen LogP) is 26.5. The summed E-state index contributed by atoms with van der Waals surface area (Å²) in [6, 6.07) is 133. The van der Waals surface area contributed by atoms with Crippen molar-refractivity contribution in [2.45, 2.75) is 43.9 Å². The maximum absolute atomic E-state index is 5.59. The van der Waals surface area contributed by atoms with E-state index in [0.717, 1.165) is 88.9 Å². The van der Waals surface area contributed by atoms with E-state index in [0.29, 0.717) is 5.95 Å². The van der Waals surface area contributed by atoms with Gasteiger partial charge in [-0.25, -0.2) is 19.9 Å². The second-order valence-corrected chi connectivity index (χ2v) is 30.7. The average molecular weight is 1420 g/mol. The molecule has 0 unspecified atom stereocenters. The summed E-state index contributed by atoms with van der Waals surface area (Å²) < 4.78 is 2.30. The number of aromatic nitrogens is 6. The van der Waals surface area contributed by atoms with Crippen molar-refractivity contribution in [3.05, 3.63) is 415 Å². The second-order valence-electron chi connectivity index (χ2n) is 30.7. The monoisotopic (exact) mass is 1420 g/mol. The van der Waals surface area contributed by atoms with Gasteiger partial charge in [-0.3, -0.25) is 4.57 Å². The number of rotatable bonds is 7. The highest BCUT2D eigenvalue weighted by Crippen LogP contribution is 2.58. The van der Waals surface area contributed by atoms with Gasteiger partial charge >= 0.3 is 0 Å². The van der Waals surface area contributed by atoms with Crippen LogP contribution in [0.2, 0.25) is 0 Å². The van der Waals surface area contributed by atoms with Gasteiger partial charge in [-0.05, 0) is 136 Å². The van der Waals surface area contributed by atoms with Crippen LogP contribution in [0, 0.1) is 0 Å². The van der Waals surface area contributed by atoms with Crippen molar-refractivity contribution in [3.63, 3.8) is 0 Å². The zero-order chi connectivity index (χ0) is 74.1. The molecule has 1 N–H and O–H groups in total. The second kappa shape index (κ2) is 25.6. The Labute approximate surface area is 644 Å². The van der Waals surface area contributed by atoms with Gasteiger partial charge in [0.2, 0.25) is 5.95 Å². The van der Waals surface area contributed by atoms with Crippen LogP contribution in [-0.4, -0.2) is 29.5 Å². The minimum absolute atomic E-state index is 0.114. The van der Waals surface area contributed by atoms with E-state index < -0.39 is 5.41 Å². The van der Waals surface area contributed by atoms with Crippen LogP contribution < -0.4 is 0 Å². The van der Waals surface area contributed by atoms with Crippen LogP contribution in [0.3, 0.4) is 0 Å². The van der Waals surface area contributed by atoms with Crippen LogP contribution in [0.5, 0.6) is 0 Å². The smallest absolute Gasteiger partial charge is 0.235 e. The first-order valence-corrected chi connectivity index (χ1v) is 38.4. The Hall–Kier alpha value is -13.9. The zero-order valence-corrected chi connectivity index (χ0v) is 62.0. The number of hydrogen-bond acceptors (Lipinski definition) is 4. The van der Waals surface area contributed by atoms with Crippen molar-refractivity contribution in [3.8, 4) is 84.4 Å². The Morgan fingerprint density at radius 2 is 0.703 bits per heavy atom. The molecule has 111 heavy (non-hydrogen) atoms. The van der Waals surface area contributed by atoms with E-state index in [1.165, 1.54) is 110 Å². The first-order chi connectivity index (χ1) is 54.6. The Morgan fingerprint density at radius 1 is 0.279 bits per heavy atom. The highest BCUT2D eigenvalue weighted by molar-refractivity contribution is 6.36. The van der Waals surface area contributed by atoms with Gasteiger partial charge in [0.05, 0.1) is 44.4 Å². The van der Waals surface area contributed by atoms with Gasteiger partial charge in [-0.15, -0.1) is 0 Å². The summed E-state index contributed by atoms with van der Waals surface area (Å²) in [5, 5.41) is 9.52. The SMILES string of the molecule is CC1(C)c2ccccc2-c2c1ccc1nc(-c3cccc(-c4cccc(C5(c6ccccc6)c6ccccc6-c6ccccc65)c4)c3)nc(-c3ccccc3)c21.CC1(C)c2ccccc2-c2c1ccc1nc(-n3c4ccccc4c4c5ccccc5c5c6ccccc6[nH]c5c43)nc(-c3ccccc3)c21.c1ccccc1. The fourth-order valence-corrected chi connectivity index (χ4v) is 19.0. The largest absolute Gasteiger partial charge is 0.353 e. The molecule has 0 saturated heterocycles. The molecule has 23 rings (SSSR count). The van der Waals surface area contributed by atoms with Crippen LogP contribution in [0.4, 0.5) is 0 Å². The van der Waals surface area contributed by atoms with Crippen molar-refractivity contribution < 1.29 is 0 Å². The van der Waals surface area contributed by atoms with Crippen LogP contribution in [0.1, 0.15) is 72.2 Å². The molecule has 6 nitrogen and oxygen atoms in total. The van der Waals surface area contributed by atoms with Gasteiger partial charge in [0.1, 0.15) is 0 Å². The standard InChI is InChI=1S/C54H38N2.C45H30N4.C6H6/c1-53(2)44-28-12-11-27-43(44)49-47(53)31-32-48-50(49)51(35-17-5-3-6-18-35)56-52(55-48)38-21-15-19-36(33-38)37-20-16-24-40(34-37)54(39-22-7-4-8-23-39)45-29-13-9-25-41(45)42-26-10-14-30-46(42)54;1-45(2)32-21-11-8-18-29(32)39-33(45)24-25-35-40(39)41(26-14-4-3-5-15-26)48-44(47-35)49-36-23-13-10-20-31(36)38-28-17-7-6-16-27(28)37-30-19-9-12-22-34(30)46-42(37)43(38)49;1-2-4-6-5-3-1/h3-34H,1-2H3;3-25,46H,1-2H3;1-6H. The van der Waals surface area contributed by atoms with Crippen molar-refractivity contribution in [2.75, 3.05) is 0 Å². The zero-order valence-electron chi connectivity index (χ0n) is 62.0. The number of nitrogens with one attached hydrogen (secondary N) is 1. The number of hydrogen-bond donors (Lipinski definition) is 1. The maximum Gasteiger partial charge on any atom is 0.235 e. The first kappa shape index (κ1) is 65.4. The quantitative estimate of drug-likeness (QED) is 0.173. The fraction of sp³-hybridized carbons (Fsp3) is 0.0667. The number of fused-ring (bicyclic) bond motifs is 23. The van der Waals surface area contributed by atoms with E-state index >= 15 is 0 Å². The summed E-state index contributed by atoms with van der Waals surface area (Å²) in [7, 11) is 0. The third kappa shape index (κ3) is 10.0. The summed E-state index contributed by atoms with van der Waals surface area (Å²) >= 11 is 0. The molecule has 524 valence electrons. The highest BCUT2D eigenvalue weighted by atomic mass is 15.2. The number of H-pyrrole nitrogens is 1. The van der Waals surface area contributed by atoms with Gasteiger partial charge < -0.3 is 4.98 Å². The molecule has 3 aliphatic carbocycles. The molecule has 4 heterocycles. The summed E-state index contributed by atoms with van der Waals surface area (Å²) in [6.45, 7) is 9.31. The maximum atomic E-state index is 5.59. The van der Waals surface area contributed by atoms with Gasteiger partial charge in [0.25, 0.3) is 0 Å². The van der Waals surface area contributed by atoms with Crippen molar-refractivity contribution in [1.82, 2.24) is 29.5 Å². The molecule has 0 fully saturated rings. The molecular formula is C105H74N6. The lowest BCUT2D eigenvalue weighted by Crippen LogP contribution is -2.28. The lowest BCUT2D eigenvalue weighted by atomic mass is 9.67. The van der Waals surface area contributed by atoms with E-state index in [2.05, 4.69) is 371 Å². The molecule has 0 bridgehead atoms. The van der Waals surface area contributed by atoms with Crippen molar-refractivity contribution in [1.29, 1.82) is 0 Å². The molecule has 0 atom stereocenters. The minimum atomic E-state index is -0.457. The van der Waals surface area contributed by atoms with Gasteiger partial charge in [0.15, 0.2) is 5.82 Å². The highest BCUT2D eigenvalue weighted by Gasteiger charge is 2.46. The molecule has 0 radical (unpaired) electrons. The molecule has 0 spiro atoms. The van der Waals surface area contributed by atoms with Crippen LogP contribution in [0.25, 0.3) is 161 Å². The number of benzene rings is 16. The fourth-order valence-electron chi connectivity index (χ4n) is 19.0. The number of aromatic amines is 1. The average Bonchev–Trinajstić information content (AvgIpc) is 1.55. The van der Waals surface area contributed by atoms with Gasteiger partial charge in [-0.1, -0.05) is 361 Å². The van der Waals surface area contributed by atoms with E-state index in [9.17, 15) is 0 Å². The topological polar surface area (TPSA) is 72.3 Å². The third-order valence-electron chi connectivity index (χ3n) is 24.0. The van der Waals surface area contributed by atoms with Crippen LogP contribution in [-0.2, 0) is 16.2 Å². The molecule has 16 aromatic carbocycles. The van der Waals surface area contributed by atoms with Crippen molar-refractivity contribution >= 4 is 76.2 Å². The van der Waals surface area contributed by atoms with Gasteiger partial charge in [0, 0.05) is 65.4 Å². The summed E-state index contributed by atoms with van der Waals surface area (Å²) in [5.74, 6) is 1.39. The lowest BCUT2D eigenvalue weighted by Gasteiger charge is -2.34.